The number of nitrogens with one attached hydrogen (secondary N) is 2. The van der Waals surface area contributed by atoms with Gasteiger partial charge in [0.25, 0.3) is 0 Å². The summed E-state index contributed by atoms with van der Waals surface area (Å²) in [6.07, 6.45) is 2.54. The number of rotatable bonds is 12. The van der Waals surface area contributed by atoms with Crippen LogP contribution in [0.5, 0.6) is 0 Å². The average molecular weight is 522 g/mol. The molecule has 2 N–H and O–H groups in total. The van der Waals surface area contributed by atoms with E-state index in [1.807, 2.05) is 52.0 Å². The van der Waals surface area contributed by atoms with Gasteiger partial charge in [0.1, 0.15) is 17.7 Å². The maximum atomic E-state index is 14.1. The Labute approximate surface area is 223 Å². The van der Waals surface area contributed by atoms with Crippen LogP contribution in [0.25, 0.3) is 0 Å². The largest absolute Gasteiger partial charge is 0.444 e. The van der Waals surface area contributed by atoms with Crippen molar-refractivity contribution in [2.75, 3.05) is 5.75 Å². The molecule has 1 rings (SSSR count). The van der Waals surface area contributed by atoms with E-state index in [0.717, 1.165) is 30.4 Å². The van der Waals surface area contributed by atoms with Crippen molar-refractivity contribution >= 4 is 30.5 Å². The van der Waals surface area contributed by atoms with Gasteiger partial charge in [-0.1, -0.05) is 51.5 Å². The molecule has 0 bridgehead atoms. The van der Waals surface area contributed by atoms with E-state index in [1.54, 1.807) is 25.7 Å². The van der Waals surface area contributed by atoms with E-state index in [2.05, 4.69) is 37.1 Å². The van der Waals surface area contributed by atoms with Crippen LogP contribution >= 0.6 is 12.6 Å². The lowest BCUT2D eigenvalue weighted by Gasteiger charge is -2.44. The van der Waals surface area contributed by atoms with E-state index in [1.165, 1.54) is 0 Å². The van der Waals surface area contributed by atoms with Crippen LogP contribution in [0.3, 0.4) is 0 Å². The van der Waals surface area contributed by atoms with E-state index in [0.29, 0.717) is 6.42 Å². The molecule has 0 spiro atoms. The molecular formula is C28H47N3O4S. The predicted octanol–water partition coefficient (Wildman–Crippen LogP) is 5.44. The number of amides is 3. The molecule has 0 fully saturated rings. The Morgan fingerprint density at radius 2 is 1.58 bits per heavy atom. The number of aryl methyl sites for hydroxylation is 1. The Hall–Kier alpha value is -2.22. The minimum Gasteiger partial charge on any atom is -0.444 e. The molecule has 0 aromatic heterocycles. The molecule has 0 aliphatic carbocycles. The summed E-state index contributed by atoms with van der Waals surface area (Å²) in [5, 5.41) is 5.77. The van der Waals surface area contributed by atoms with Crippen LogP contribution in [0.1, 0.15) is 98.7 Å². The Balaban J connectivity index is 3.55. The second-order valence-corrected chi connectivity index (χ2v) is 11.3. The molecule has 1 aromatic carbocycles. The molecule has 7 nitrogen and oxygen atoms in total. The molecule has 204 valence electrons. The monoisotopic (exact) mass is 521 g/mol. The SMILES string of the molecule is CCCC(C)NC(=O)C(c1ccc(CC)cc1)N(C(=O)C(CS)NC(=O)OC(C)(C)C)C(C)(C)CC. The smallest absolute Gasteiger partial charge is 0.408 e. The summed E-state index contributed by atoms with van der Waals surface area (Å²) < 4.78 is 5.38. The van der Waals surface area contributed by atoms with Gasteiger partial charge in [-0.05, 0) is 71.9 Å². The van der Waals surface area contributed by atoms with Crippen molar-refractivity contribution in [2.45, 2.75) is 117 Å². The van der Waals surface area contributed by atoms with Crippen LogP contribution in [-0.4, -0.2) is 51.8 Å². The van der Waals surface area contributed by atoms with E-state index >= 15 is 0 Å². The number of thiol groups is 1. The predicted molar refractivity (Wildman–Crippen MR) is 149 cm³/mol. The fraction of sp³-hybridized carbons (Fsp3) is 0.679. The lowest BCUT2D eigenvalue weighted by molar-refractivity contribution is -0.149. The molecule has 0 saturated carbocycles. The summed E-state index contributed by atoms with van der Waals surface area (Å²) in [6.45, 7) is 17.2. The van der Waals surface area contributed by atoms with Gasteiger partial charge in [-0.15, -0.1) is 0 Å². The summed E-state index contributed by atoms with van der Waals surface area (Å²) in [6, 6.07) is 5.92. The molecule has 36 heavy (non-hydrogen) atoms. The summed E-state index contributed by atoms with van der Waals surface area (Å²) in [5.74, 6) is -0.570. The van der Waals surface area contributed by atoms with Crippen LogP contribution < -0.4 is 10.6 Å². The van der Waals surface area contributed by atoms with Crippen LogP contribution in [0.2, 0.25) is 0 Å². The number of carbonyl (C=O) groups is 3. The molecule has 8 heteroatoms. The molecule has 0 heterocycles. The second-order valence-electron chi connectivity index (χ2n) is 11.0. The summed E-state index contributed by atoms with van der Waals surface area (Å²) in [5.41, 5.74) is 0.464. The number of hydrogen-bond acceptors (Lipinski definition) is 5. The normalized spacial score (nSPS) is 14.4. The molecule has 1 aromatic rings. The van der Waals surface area contributed by atoms with E-state index in [-0.39, 0.29) is 23.6 Å². The van der Waals surface area contributed by atoms with Crippen molar-refractivity contribution in [1.82, 2.24) is 15.5 Å². The summed E-state index contributed by atoms with van der Waals surface area (Å²) >= 11 is 4.36. The third-order valence-electron chi connectivity index (χ3n) is 6.25. The van der Waals surface area contributed by atoms with Gasteiger partial charge in [-0.25, -0.2) is 4.79 Å². The van der Waals surface area contributed by atoms with Crippen molar-refractivity contribution < 1.29 is 19.1 Å². The quantitative estimate of drug-likeness (QED) is 0.320. The molecule has 0 aliphatic heterocycles. The van der Waals surface area contributed by atoms with Crippen molar-refractivity contribution in [1.29, 1.82) is 0 Å². The van der Waals surface area contributed by atoms with Crippen molar-refractivity contribution in [3.05, 3.63) is 35.4 Å². The zero-order valence-electron chi connectivity index (χ0n) is 23.6. The maximum absolute atomic E-state index is 14.1. The summed E-state index contributed by atoms with van der Waals surface area (Å²) in [7, 11) is 0. The Bertz CT molecular complexity index is 865. The van der Waals surface area contributed by atoms with Gasteiger partial charge < -0.3 is 20.3 Å². The third kappa shape index (κ3) is 9.34. The van der Waals surface area contributed by atoms with Crippen LogP contribution in [0.15, 0.2) is 24.3 Å². The van der Waals surface area contributed by atoms with Crippen LogP contribution in [0.4, 0.5) is 4.79 Å². The fourth-order valence-electron chi connectivity index (χ4n) is 3.93. The number of ether oxygens (including phenoxy) is 1. The number of carbonyl (C=O) groups excluding carboxylic acids is 3. The molecule has 0 radical (unpaired) electrons. The molecule has 3 unspecified atom stereocenters. The van der Waals surface area contributed by atoms with E-state index in [4.69, 9.17) is 4.74 Å². The molecule has 0 aliphatic rings. The maximum Gasteiger partial charge on any atom is 0.408 e. The highest BCUT2D eigenvalue weighted by Gasteiger charge is 2.43. The minimum atomic E-state index is -0.965. The standard InChI is InChI=1S/C28H47N3O4S/c1-10-13-19(4)29-24(32)23(21-16-14-20(11-2)15-17-21)31(28(8,9)12-3)25(33)22(18-36)30-26(34)35-27(5,6)7/h14-17,19,22-23,36H,10-13,18H2,1-9H3,(H,29,32)(H,30,34). The first-order valence-corrected chi connectivity index (χ1v) is 13.7. The number of hydrogen-bond donors (Lipinski definition) is 3. The first kappa shape index (κ1) is 31.8. The van der Waals surface area contributed by atoms with Gasteiger partial charge >= 0.3 is 6.09 Å². The fourth-order valence-corrected chi connectivity index (χ4v) is 4.18. The lowest BCUT2D eigenvalue weighted by atomic mass is 9.91. The van der Waals surface area contributed by atoms with Crippen LogP contribution in [0, 0.1) is 0 Å². The second kappa shape index (κ2) is 13.9. The van der Waals surface area contributed by atoms with E-state index in [9.17, 15) is 14.4 Å². The first-order valence-electron chi connectivity index (χ1n) is 13.0. The molecule has 3 atom stereocenters. The number of nitrogens with zero attached hydrogens (tertiary/aromatic N) is 1. The van der Waals surface area contributed by atoms with Crippen molar-refractivity contribution in [2.24, 2.45) is 0 Å². The highest BCUT2D eigenvalue weighted by molar-refractivity contribution is 7.80. The van der Waals surface area contributed by atoms with Gasteiger partial charge in [0.05, 0.1) is 0 Å². The van der Waals surface area contributed by atoms with Gasteiger partial charge in [0.2, 0.25) is 11.8 Å². The first-order chi connectivity index (χ1) is 16.7. The lowest BCUT2D eigenvalue weighted by Crippen LogP contribution is -2.60. The van der Waals surface area contributed by atoms with Gasteiger partial charge in [-0.2, -0.15) is 12.6 Å². The Morgan fingerprint density at radius 3 is 2.03 bits per heavy atom. The van der Waals surface area contributed by atoms with Crippen molar-refractivity contribution in [3.63, 3.8) is 0 Å². The van der Waals surface area contributed by atoms with E-state index < -0.39 is 29.3 Å². The molecule has 3 amide bonds. The number of benzene rings is 1. The minimum absolute atomic E-state index is 0.0397. The Morgan fingerprint density at radius 1 is 1.00 bits per heavy atom. The van der Waals surface area contributed by atoms with Gasteiger partial charge in [0.15, 0.2) is 0 Å². The Kier molecular flexibility index (Phi) is 12.3. The molecular weight excluding hydrogens is 474 g/mol. The molecule has 0 saturated heterocycles. The van der Waals surface area contributed by atoms with Gasteiger partial charge in [0, 0.05) is 17.3 Å². The third-order valence-corrected chi connectivity index (χ3v) is 6.61. The highest BCUT2D eigenvalue weighted by atomic mass is 32.1. The zero-order chi connectivity index (χ0) is 27.7. The summed E-state index contributed by atoms with van der Waals surface area (Å²) in [4.78, 5) is 42.0. The van der Waals surface area contributed by atoms with Crippen molar-refractivity contribution in [3.8, 4) is 0 Å². The zero-order valence-corrected chi connectivity index (χ0v) is 24.5. The number of alkyl carbamates (subject to hydrolysis) is 1. The topological polar surface area (TPSA) is 87.7 Å². The highest BCUT2D eigenvalue weighted by Crippen LogP contribution is 2.32. The van der Waals surface area contributed by atoms with Crippen LogP contribution in [-0.2, 0) is 20.7 Å². The average Bonchev–Trinajstić information content (AvgIpc) is 2.79. The van der Waals surface area contributed by atoms with Gasteiger partial charge in [-0.3, -0.25) is 9.59 Å².